The highest BCUT2D eigenvalue weighted by Gasteiger charge is 2.68. The molecule has 0 radical (unpaired) electrons. The van der Waals surface area contributed by atoms with E-state index in [1.54, 1.807) is 26.8 Å². The summed E-state index contributed by atoms with van der Waals surface area (Å²) in [4.78, 5) is 13.2. The Labute approximate surface area is 202 Å². The zero-order valence-electron chi connectivity index (χ0n) is 21.3. The van der Waals surface area contributed by atoms with E-state index in [4.69, 9.17) is 0 Å². The fourth-order valence-electron chi connectivity index (χ4n) is 8.64. The lowest BCUT2D eigenvalue weighted by molar-refractivity contribution is -0.163. The average molecular weight is 481 g/mol. The maximum atomic E-state index is 13.2. The molecule has 4 rings (SSSR count). The maximum Gasteiger partial charge on any atom is 0.159 e. The Morgan fingerprint density at radius 2 is 1.68 bits per heavy atom. The molecule has 4 aliphatic rings. The molecule has 7 nitrogen and oxygen atoms in total. The standard InChI is InChI=1S/C27H44O7/c1-23(2,32)12-15(28)13-26(5,33)22-7-9-27(34)17-10-19(29)18-11-20(30)21(31)14-24(18,3)16(17)6-8-25(22,27)4/h10,15-16,18,20-22,28,30-34H,6-9,11-14H2,1-5H3/t15-,16-,18-,20-,21+,22+,24+,25-,26-,27-/m0/s1. The van der Waals surface area contributed by atoms with Gasteiger partial charge in [-0.1, -0.05) is 13.8 Å². The normalized spacial score (nSPS) is 47.2. The first-order valence-electron chi connectivity index (χ1n) is 12.9. The molecule has 0 aliphatic heterocycles. The van der Waals surface area contributed by atoms with Crippen LogP contribution in [0.4, 0.5) is 0 Å². The molecule has 4 aliphatic carbocycles. The third kappa shape index (κ3) is 3.91. The Hall–Kier alpha value is -0.830. The molecule has 6 N–H and O–H groups in total. The van der Waals surface area contributed by atoms with Gasteiger partial charge in [0.15, 0.2) is 5.78 Å². The number of hydrogen-bond donors (Lipinski definition) is 6. The molecular weight excluding hydrogens is 436 g/mol. The van der Waals surface area contributed by atoms with Crippen molar-refractivity contribution in [1.82, 2.24) is 0 Å². The van der Waals surface area contributed by atoms with Crippen molar-refractivity contribution in [2.75, 3.05) is 0 Å². The predicted molar refractivity (Wildman–Crippen MR) is 127 cm³/mol. The molecule has 10 atom stereocenters. The molecule has 0 amide bonds. The van der Waals surface area contributed by atoms with Crippen molar-refractivity contribution in [2.45, 2.75) is 121 Å². The predicted octanol–water partition coefficient (Wildman–Crippen LogP) is 1.85. The van der Waals surface area contributed by atoms with Gasteiger partial charge in [0.1, 0.15) is 0 Å². The number of hydrogen-bond acceptors (Lipinski definition) is 7. The van der Waals surface area contributed by atoms with Crippen molar-refractivity contribution in [3.05, 3.63) is 11.6 Å². The van der Waals surface area contributed by atoms with Crippen LogP contribution in [0.3, 0.4) is 0 Å². The Balaban J connectivity index is 1.65. The van der Waals surface area contributed by atoms with Crippen molar-refractivity contribution in [1.29, 1.82) is 0 Å². The van der Waals surface area contributed by atoms with Crippen LogP contribution in [-0.2, 0) is 4.79 Å². The number of carbonyl (C=O) groups excluding carboxylic acids is 1. The lowest BCUT2D eigenvalue weighted by Crippen LogP contribution is -2.62. The van der Waals surface area contributed by atoms with Gasteiger partial charge in [-0.2, -0.15) is 0 Å². The summed E-state index contributed by atoms with van der Waals surface area (Å²) in [5.74, 6) is -0.819. The minimum atomic E-state index is -1.26. The number of aliphatic hydroxyl groups excluding tert-OH is 3. The van der Waals surface area contributed by atoms with Gasteiger partial charge in [0.05, 0.1) is 35.1 Å². The molecule has 3 saturated carbocycles. The fourth-order valence-corrected chi connectivity index (χ4v) is 8.64. The number of ketones is 1. The Bertz CT molecular complexity index is 860. The van der Waals surface area contributed by atoms with Crippen molar-refractivity contribution in [3.8, 4) is 0 Å². The van der Waals surface area contributed by atoms with Crippen LogP contribution in [0.5, 0.6) is 0 Å². The van der Waals surface area contributed by atoms with Crippen molar-refractivity contribution >= 4 is 5.78 Å². The van der Waals surface area contributed by atoms with Crippen LogP contribution in [0, 0.1) is 28.6 Å². The molecule has 0 aromatic carbocycles. The number of fused-ring (bicyclic) bond motifs is 5. The zero-order chi connectivity index (χ0) is 25.5. The first-order chi connectivity index (χ1) is 15.4. The fraction of sp³-hybridized carbons (Fsp3) is 0.889. The van der Waals surface area contributed by atoms with Gasteiger partial charge in [-0.25, -0.2) is 0 Å². The Morgan fingerprint density at radius 1 is 1.03 bits per heavy atom. The van der Waals surface area contributed by atoms with Crippen LogP contribution >= 0.6 is 0 Å². The van der Waals surface area contributed by atoms with Gasteiger partial charge in [0.2, 0.25) is 0 Å². The quantitative estimate of drug-likeness (QED) is 0.353. The zero-order valence-corrected chi connectivity index (χ0v) is 21.3. The van der Waals surface area contributed by atoms with Crippen LogP contribution < -0.4 is 0 Å². The monoisotopic (exact) mass is 480 g/mol. The van der Waals surface area contributed by atoms with E-state index in [2.05, 4.69) is 0 Å². The van der Waals surface area contributed by atoms with E-state index in [9.17, 15) is 35.4 Å². The molecule has 0 aromatic rings. The first-order valence-corrected chi connectivity index (χ1v) is 12.9. The highest BCUT2D eigenvalue weighted by atomic mass is 16.3. The van der Waals surface area contributed by atoms with Crippen LogP contribution in [0.1, 0.15) is 86.0 Å². The van der Waals surface area contributed by atoms with E-state index < -0.39 is 45.9 Å². The van der Waals surface area contributed by atoms with Gasteiger partial charge >= 0.3 is 0 Å². The molecule has 0 spiro atoms. The molecular formula is C27H44O7. The number of rotatable bonds is 5. The van der Waals surface area contributed by atoms with Crippen LogP contribution in [0.15, 0.2) is 11.6 Å². The van der Waals surface area contributed by atoms with E-state index >= 15 is 0 Å². The second-order valence-corrected chi connectivity index (χ2v) is 13.3. The lowest BCUT2D eigenvalue weighted by atomic mass is 9.45. The summed E-state index contributed by atoms with van der Waals surface area (Å²) < 4.78 is 0. The second-order valence-electron chi connectivity index (χ2n) is 13.3. The van der Waals surface area contributed by atoms with Gasteiger partial charge in [-0.3, -0.25) is 4.79 Å². The van der Waals surface area contributed by atoms with Gasteiger partial charge < -0.3 is 30.6 Å². The molecule has 0 heterocycles. The van der Waals surface area contributed by atoms with E-state index in [0.717, 1.165) is 12.0 Å². The van der Waals surface area contributed by atoms with Crippen molar-refractivity contribution in [3.63, 3.8) is 0 Å². The van der Waals surface area contributed by atoms with Gasteiger partial charge in [0.25, 0.3) is 0 Å². The van der Waals surface area contributed by atoms with Crippen molar-refractivity contribution < 1.29 is 35.4 Å². The topological polar surface area (TPSA) is 138 Å². The highest BCUT2D eigenvalue weighted by molar-refractivity contribution is 5.95. The molecule has 194 valence electrons. The summed E-state index contributed by atoms with van der Waals surface area (Å²) in [6.45, 7) is 8.98. The molecule has 3 fully saturated rings. The molecule has 7 heteroatoms. The molecule has 0 bridgehead atoms. The lowest BCUT2D eigenvalue weighted by Gasteiger charge is -2.60. The summed E-state index contributed by atoms with van der Waals surface area (Å²) >= 11 is 0. The Kier molecular flexibility index (Phi) is 6.24. The summed E-state index contributed by atoms with van der Waals surface area (Å²) in [6.07, 6.45) is 2.12. The summed E-state index contributed by atoms with van der Waals surface area (Å²) in [6, 6.07) is 0. The summed E-state index contributed by atoms with van der Waals surface area (Å²) in [5.41, 5.74) is -4.04. The van der Waals surface area contributed by atoms with Crippen LogP contribution in [0.25, 0.3) is 0 Å². The second kappa shape index (κ2) is 8.09. The molecule has 0 aromatic heterocycles. The summed E-state index contributed by atoms with van der Waals surface area (Å²) in [5, 5.41) is 65.1. The van der Waals surface area contributed by atoms with E-state index in [1.807, 2.05) is 13.8 Å². The van der Waals surface area contributed by atoms with E-state index in [-0.39, 0.29) is 42.8 Å². The van der Waals surface area contributed by atoms with Gasteiger partial charge in [-0.15, -0.1) is 0 Å². The highest BCUT2D eigenvalue weighted by Crippen LogP contribution is 2.68. The first kappa shape index (κ1) is 26.2. The largest absolute Gasteiger partial charge is 0.393 e. The van der Waals surface area contributed by atoms with E-state index in [0.29, 0.717) is 25.7 Å². The summed E-state index contributed by atoms with van der Waals surface area (Å²) in [7, 11) is 0. The number of carbonyl (C=O) groups is 1. The maximum absolute atomic E-state index is 13.2. The number of allylic oxidation sites excluding steroid dienone is 1. The van der Waals surface area contributed by atoms with E-state index in [1.165, 1.54) is 0 Å². The minimum absolute atomic E-state index is 0.0695. The third-order valence-electron chi connectivity index (χ3n) is 10.3. The third-order valence-corrected chi connectivity index (χ3v) is 10.3. The SMILES string of the molecule is CC(C)(O)C[C@H](O)C[C@](C)(O)[C@@H]1CC[C@]2(O)C3=CC(=O)[C@@H]4C[C@H](O)[C@H](O)C[C@]4(C)[C@H]3CC[C@@]12C. The molecule has 0 unspecified atom stereocenters. The molecule has 34 heavy (non-hydrogen) atoms. The minimum Gasteiger partial charge on any atom is -0.393 e. The van der Waals surface area contributed by atoms with Crippen LogP contribution in [0.2, 0.25) is 0 Å². The number of aliphatic hydroxyl groups is 6. The van der Waals surface area contributed by atoms with Crippen molar-refractivity contribution in [2.24, 2.45) is 28.6 Å². The Morgan fingerprint density at radius 3 is 2.29 bits per heavy atom. The average Bonchev–Trinajstić information content (AvgIpc) is 2.95. The molecule has 0 saturated heterocycles. The smallest absolute Gasteiger partial charge is 0.159 e. The van der Waals surface area contributed by atoms with Gasteiger partial charge in [0, 0.05) is 24.2 Å². The van der Waals surface area contributed by atoms with Crippen LogP contribution in [-0.4, -0.2) is 71.5 Å². The van der Waals surface area contributed by atoms with Gasteiger partial charge in [-0.05, 0) is 88.2 Å².